The van der Waals surface area contributed by atoms with Gasteiger partial charge in [-0.15, -0.1) is 0 Å². The van der Waals surface area contributed by atoms with E-state index in [1.54, 1.807) is 4.90 Å². The Balaban J connectivity index is 1.41. The molecule has 4 rings (SSSR count). The van der Waals surface area contributed by atoms with Crippen molar-refractivity contribution in [3.63, 3.8) is 0 Å². The molecule has 1 aromatic rings. The summed E-state index contributed by atoms with van der Waals surface area (Å²) in [6.45, 7) is 8.69. The van der Waals surface area contributed by atoms with Crippen molar-refractivity contribution >= 4 is 17.5 Å². The first-order chi connectivity index (χ1) is 14.5. The van der Waals surface area contributed by atoms with Gasteiger partial charge in [0.05, 0.1) is 19.1 Å². The number of anilines is 1. The van der Waals surface area contributed by atoms with Gasteiger partial charge in [-0.05, 0) is 43.9 Å². The van der Waals surface area contributed by atoms with Gasteiger partial charge in [0, 0.05) is 43.8 Å². The molecule has 6 nitrogen and oxygen atoms in total. The van der Waals surface area contributed by atoms with Gasteiger partial charge < -0.3 is 15.0 Å². The quantitative estimate of drug-likeness (QED) is 0.806. The van der Waals surface area contributed by atoms with Crippen LogP contribution < -0.4 is 10.2 Å². The summed E-state index contributed by atoms with van der Waals surface area (Å²) < 4.78 is 5.55. The Bertz CT molecular complexity index is 782. The molecule has 0 spiro atoms. The number of hydrogen-bond acceptors (Lipinski definition) is 4. The lowest BCUT2D eigenvalue weighted by molar-refractivity contribution is -0.127. The van der Waals surface area contributed by atoms with E-state index in [1.165, 1.54) is 19.3 Å². The number of aryl methyl sites for hydroxylation is 1. The third-order valence-electron chi connectivity index (χ3n) is 7.42. The van der Waals surface area contributed by atoms with E-state index in [2.05, 4.69) is 23.2 Å². The molecule has 1 aliphatic carbocycles. The zero-order valence-electron chi connectivity index (χ0n) is 18.4. The van der Waals surface area contributed by atoms with Gasteiger partial charge in [0.2, 0.25) is 11.8 Å². The minimum Gasteiger partial charge on any atom is -0.379 e. The molecule has 3 aliphatic rings. The highest BCUT2D eigenvalue weighted by atomic mass is 16.5. The molecule has 2 heterocycles. The molecule has 6 heteroatoms. The molecular weight excluding hydrogens is 378 g/mol. The number of rotatable bonds is 5. The van der Waals surface area contributed by atoms with Crippen LogP contribution in [0.5, 0.6) is 0 Å². The fourth-order valence-corrected chi connectivity index (χ4v) is 5.39. The summed E-state index contributed by atoms with van der Waals surface area (Å²) >= 11 is 0. The van der Waals surface area contributed by atoms with E-state index in [0.717, 1.165) is 56.0 Å². The molecule has 164 valence electrons. The van der Waals surface area contributed by atoms with Crippen LogP contribution in [0.1, 0.15) is 49.7 Å². The molecule has 0 aromatic heterocycles. The van der Waals surface area contributed by atoms with Crippen LogP contribution in [-0.4, -0.2) is 61.6 Å². The number of carbonyl (C=O) groups excluding carboxylic acids is 2. The van der Waals surface area contributed by atoms with Gasteiger partial charge >= 0.3 is 0 Å². The number of morpholine rings is 1. The summed E-state index contributed by atoms with van der Waals surface area (Å²) in [5, 5.41) is 3.25. The third kappa shape index (κ3) is 4.26. The molecule has 1 N–H and O–H groups in total. The standard InChI is InChI=1S/C24H35N3O3/c1-18-7-6-8-21(19(18)2)27-16-20(15-22(27)28)23(29)25-17-24(9-4-3-5-10-24)26-11-13-30-14-12-26/h6-8,20H,3-5,9-17H2,1-2H3,(H,25,29). The second-order valence-electron chi connectivity index (χ2n) is 9.23. The maximum absolute atomic E-state index is 13.1. The molecule has 0 bridgehead atoms. The van der Waals surface area contributed by atoms with E-state index in [-0.39, 0.29) is 23.3 Å². The highest BCUT2D eigenvalue weighted by Crippen LogP contribution is 2.34. The second-order valence-corrected chi connectivity index (χ2v) is 9.23. The maximum Gasteiger partial charge on any atom is 0.227 e. The average molecular weight is 414 g/mol. The summed E-state index contributed by atoms with van der Waals surface area (Å²) in [5.74, 6) is -0.207. The summed E-state index contributed by atoms with van der Waals surface area (Å²) in [4.78, 5) is 30.1. The number of amides is 2. The smallest absolute Gasteiger partial charge is 0.227 e. The van der Waals surface area contributed by atoms with Crippen molar-refractivity contribution in [2.45, 2.75) is 57.9 Å². The van der Waals surface area contributed by atoms with Crippen LogP contribution in [-0.2, 0) is 14.3 Å². The Labute approximate surface area is 179 Å². The average Bonchev–Trinajstić information content (AvgIpc) is 3.17. The summed E-state index contributed by atoms with van der Waals surface area (Å²) in [7, 11) is 0. The highest BCUT2D eigenvalue weighted by molar-refractivity contribution is 6.00. The number of nitrogens with one attached hydrogen (secondary N) is 1. The van der Waals surface area contributed by atoms with Crippen LogP contribution in [0, 0.1) is 19.8 Å². The van der Waals surface area contributed by atoms with Crippen LogP contribution in [0.3, 0.4) is 0 Å². The van der Waals surface area contributed by atoms with Crippen LogP contribution in [0.15, 0.2) is 18.2 Å². The van der Waals surface area contributed by atoms with Crippen LogP contribution >= 0.6 is 0 Å². The van der Waals surface area contributed by atoms with Gasteiger partial charge in [0.25, 0.3) is 0 Å². The predicted octanol–water partition coefficient (Wildman–Crippen LogP) is 2.81. The van der Waals surface area contributed by atoms with Crippen LogP contribution in [0.25, 0.3) is 0 Å². The number of ether oxygens (including phenoxy) is 1. The first-order valence-electron chi connectivity index (χ1n) is 11.5. The van der Waals surface area contributed by atoms with Crippen molar-refractivity contribution in [2.24, 2.45) is 5.92 Å². The van der Waals surface area contributed by atoms with Gasteiger partial charge in [-0.2, -0.15) is 0 Å². The Kier molecular flexibility index (Phi) is 6.44. The van der Waals surface area contributed by atoms with Crippen molar-refractivity contribution < 1.29 is 14.3 Å². The molecule has 0 radical (unpaired) electrons. The number of benzene rings is 1. The Hall–Kier alpha value is -1.92. The minimum atomic E-state index is -0.275. The van der Waals surface area contributed by atoms with E-state index >= 15 is 0 Å². The fraction of sp³-hybridized carbons (Fsp3) is 0.667. The lowest BCUT2D eigenvalue weighted by Crippen LogP contribution is -2.60. The van der Waals surface area contributed by atoms with Crippen LogP contribution in [0.4, 0.5) is 5.69 Å². The van der Waals surface area contributed by atoms with Gasteiger partial charge in [-0.1, -0.05) is 31.4 Å². The van der Waals surface area contributed by atoms with E-state index in [9.17, 15) is 9.59 Å². The first kappa shape index (κ1) is 21.3. The van der Waals surface area contributed by atoms with Crippen LogP contribution in [0.2, 0.25) is 0 Å². The number of nitrogens with zero attached hydrogens (tertiary/aromatic N) is 2. The summed E-state index contributed by atoms with van der Waals surface area (Å²) in [6, 6.07) is 6.02. The van der Waals surface area contributed by atoms with Gasteiger partial charge in [0.1, 0.15) is 0 Å². The van der Waals surface area contributed by atoms with Gasteiger partial charge in [-0.3, -0.25) is 14.5 Å². The Morgan fingerprint density at radius 2 is 1.90 bits per heavy atom. The SMILES string of the molecule is Cc1cccc(N2CC(C(=O)NCC3(N4CCOCC4)CCCCC3)CC2=O)c1C. The largest absolute Gasteiger partial charge is 0.379 e. The van der Waals surface area contributed by atoms with Crippen molar-refractivity contribution in [1.29, 1.82) is 0 Å². The molecule has 1 unspecified atom stereocenters. The first-order valence-corrected chi connectivity index (χ1v) is 11.5. The summed E-state index contributed by atoms with van der Waals surface area (Å²) in [5.41, 5.74) is 3.26. The van der Waals surface area contributed by atoms with E-state index in [4.69, 9.17) is 4.74 Å². The lowest BCUT2D eigenvalue weighted by atomic mass is 9.79. The molecule has 1 aromatic carbocycles. The molecule has 2 saturated heterocycles. The topological polar surface area (TPSA) is 61.9 Å². The molecule has 2 amide bonds. The molecule has 3 fully saturated rings. The van der Waals surface area contributed by atoms with Gasteiger partial charge in [-0.25, -0.2) is 0 Å². The molecule has 1 saturated carbocycles. The minimum absolute atomic E-state index is 0.0226. The molecule has 2 aliphatic heterocycles. The summed E-state index contributed by atoms with van der Waals surface area (Å²) in [6.07, 6.45) is 6.27. The van der Waals surface area contributed by atoms with E-state index in [0.29, 0.717) is 19.5 Å². The zero-order chi connectivity index (χ0) is 21.1. The van der Waals surface area contributed by atoms with E-state index < -0.39 is 0 Å². The fourth-order valence-electron chi connectivity index (χ4n) is 5.39. The maximum atomic E-state index is 13.1. The lowest BCUT2D eigenvalue weighted by Gasteiger charge is -2.48. The Morgan fingerprint density at radius 3 is 2.63 bits per heavy atom. The normalized spacial score (nSPS) is 24.8. The third-order valence-corrected chi connectivity index (χ3v) is 7.42. The Morgan fingerprint density at radius 1 is 1.17 bits per heavy atom. The second kappa shape index (κ2) is 9.06. The zero-order valence-corrected chi connectivity index (χ0v) is 18.4. The van der Waals surface area contributed by atoms with Crippen molar-refractivity contribution in [3.8, 4) is 0 Å². The number of hydrogen-bond donors (Lipinski definition) is 1. The van der Waals surface area contributed by atoms with Crippen molar-refractivity contribution in [2.75, 3.05) is 44.3 Å². The molecular formula is C24H35N3O3. The predicted molar refractivity (Wildman–Crippen MR) is 118 cm³/mol. The number of carbonyl (C=O) groups is 2. The molecule has 30 heavy (non-hydrogen) atoms. The monoisotopic (exact) mass is 413 g/mol. The van der Waals surface area contributed by atoms with Crippen molar-refractivity contribution in [3.05, 3.63) is 29.3 Å². The van der Waals surface area contributed by atoms with Crippen molar-refractivity contribution in [1.82, 2.24) is 10.2 Å². The van der Waals surface area contributed by atoms with Gasteiger partial charge in [0.15, 0.2) is 0 Å². The molecule has 1 atom stereocenters. The van der Waals surface area contributed by atoms with E-state index in [1.807, 2.05) is 19.1 Å². The highest BCUT2D eigenvalue weighted by Gasteiger charge is 2.41.